The molecule has 0 bridgehead atoms. The summed E-state index contributed by atoms with van der Waals surface area (Å²) in [6.07, 6.45) is 5.75. The van der Waals surface area contributed by atoms with Gasteiger partial charge < -0.3 is 9.30 Å². The van der Waals surface area contributed by atoms with Crippen LogP contribution in [0.2, 0.25) is 0 Å². The van der Waals surface area contributed by atoms with E-state index in [1.165, 1.54) is 13.5 Å². The Bertz CT molecular complexity index is 452. The molecule has 1 saturated carbocycles. The molecule has 0 amide bonds. The van der Waals surface area contributed by atoms with Gasteiger partial charge in [0.1, 0.15) is 5.69 Å². The van der Waals surface area contributed by atoms with Crippen LogP contribution in [0.4, 0.5) is 0 Å². The van der Waals surface area contributed by atoms with E-state index >= 15 is 0 Å². The molecule has 0 aromatic carbocycles. The quantitative estimate of drug-likeness (QED) is 0.749. The topological polar surface area (TPSA) is 55.0 Å². The highest BCUT2D eigenvalue weighted by molar-refractivity contribution is 5.87. The lowest BCUT2D eigenvalue weighted by atomic mass is 9.67. The highest BCUT2D eigenvalue weighted by Crippen LogP contribution is 2.45. The highest BCUT2D eigenvalue weighted by Gasteiger charge is 2.37. The third-order valence-corrected chi connectivity index (χ3v) is 3.60. The summed E-state index contributed by atoms with van der Waals surface area (Å²) in [5, 5.41) is 8.87. The molecule has 1 aliphatic carbocycles. The van der Waals surface area contributed by atoms with Gasteiger partial charge in [0, 0.05) is 24.6 Å². The van der Waals surface area contributed by atoms with Crippen LogP contribution in [-0.4, -0.2) is 17.6 Å². The molecule has 0 spiro atoms. The second-order valence-electron chi connectivity index (χ2n) is 4.70. The molecule has 0 radical (unpaired) electrons. The van der Waals surface area contributed by atoms with Gasteiger partial charge in [0.25, 0.3) is 0 Å². The Morgan fingerprint density at radius 3 is 2.94 bits per heavy atom. The highest BCUT2D eigenvalue weighted by atomic mass is 16.5. The van der Waals surface area contributed by atoms with E-state index in [1.54, 1.807) is 6.07 Å². The van der Waals surface area contributed by atoms with Gasteiger partial charge in [-0.15, -0.1) is 0 Å². The van der Waals surface area contributed by atoms with Crippen LogP contribution in [-0.2, 0) is 11.3 Å². The van der Waals surface area contributed by atoms with Crippen LogP contribution in [0.25, 0.3) is 0 Å². The van der Waals surface area contributed by atoms with Crippen molar-refractivity contribution < 1.29 is 9.53 Å². The first-order valence-electron chi connectivity index (χ1n) is 5.81. The number of esters is 1. The third-order valence-electron chi connectivity index (χ3n) is 3.60. The summed E-state index contributed by atoms with van der Waals surface area (Å²) in [5.74, 6) is -0.318. The van der Waals surface area contributed by atoms with E-state index in [-0.39, 0.29) is 11.4 Å². The predicted molar refractivity (Wildman–Crippen MR) is 62.3 cm³/mol. The summed E-state index contributed by atoms with van der Waals surface area (Å²) >= 11 is 0. The SMILES string of the molecule is COC(=O)c1cccn1CC1(CC#N)CCC1. The average molecular weight is 232 g/mol. The van der Waals surface area contributed by atoms with Crippen molar-refractivity contribution in [2.45, 2.75) is 32.2 Å². The minimum absolute atomic E-state index is 0.0660. The Hall–Kier alpha value is -1.76. The first-order valence-corrected chi connectivity index (χ1v) is 5.81. The van der Waals surface area contributed by atoms with Gasteiger partial charge in [-0.25, -0.2) is 4.79 Å². The van der Waals surface area contributed by atoms with Crippen LogP contribution in [0.3, 0.4) is 0 Å². The average Bonchev–Trinajstić information content (AvgIpc) is 2.73. The standard InChI is InChI=1S/C13H16N2O2/c1-17-12(16)11-4-2-9-15(11)10-13(7-8-14)5-3-6-13/h2,4,9H,3,5-7,10H2,1H3. The third kappa shape index (κ3) is 2.19. The summed E-state index contributed by atoms with van der Waals surface area (Å²) in [5.41, 5.74) is 0.632. The first kappa shape index (κ1) is 11.7. The Kier molecular flexibility index (Phi) is 3.19. The Balaban J connectivity index is 2.16. The molecule has 1 aromatic rings. The maximum atomic E-state index is 11.5. The fourth-order valence-corrected chi connectivity index (χ4v) is 2.44. The fourth-order valence-electron chi connectivity index (χ4n) is 2.44. The number of hydrogen-bond acceptors (Lipinski definition) is 3. The molecular weight excluding hydrogens is 216 g/mol. The maximum absolute atomic E-state index is 11.5. The van der Waals surface area contributed by atoms with Crippen molar-refractivity contribution in [3.05, 3.63) is 24.0 Å². The molecule has 0 N–H and O–H groups in total. The number of methoxy groups -OCH3 is 1. The van der Waals surface area contributed by atoms with Crippen molar-refractivity contribution in [2.24, 2.45) is 5.41 Å². The lowest BCUT2D eigenvalue weighted by Gasteiger charge is -2.40. The molecule has 2 rings (SSSR count). The monoisotopic (exact) mass is 232 g/mol. The molecule has 1 fully saturated rings. The van der Waals surface area contributed by atoms with Crippen molar-refractivity contribution in [3.63, 3.8) is 0 Å². The maximum Gasteiger partial charge on any atom is 0.354 e. The minimum Gasteiger partial charge on any atom is -0.464 e. The lowest BCUT2D eigenvalue weighted by molar-refractivity contribution is 0.0573. The van der Waals surface area contributed by atoms with Gasteiger partial charge in [-0.1, -0.05) is 6.42 Å². The van der Waals surface area contributed by atoms with Crippen LogP contribution in [0.1, 0.15) is 36.2 Å². The van der Waals surface area contributed by atoms with E-state index in [9.17, 15) is 4.79 Å². The van der Waals surface area contributed by atoms with Gasteiger partial charge in [0.05, 0.1) is 13.2 Å². The van der Waals surface area contributed by atoms with Gasteiger partial charge in [0.2, 0.25) is 0 Å². The molecule has 0 unspecified atom stereocenters. The minimum atomic E-state index is -0.318. The van der Waals surface area contributed by atoms with Gasteiger partial charge in [0.15, 0.2) is 0 Å². The fraction of sp³-hybridized carbons (Fsp3) is 0.538. The molecule has 4 nitrogen and oxygen atoms in total. The number of nitriles is 1. The Labute approximate surface area is 101 Å². The zero-order valence-electron chi connectivity index (χ0n) is 9.98. The number of hydrogen-bond donors (Lipinski definition) is 0. The summed E-state index contributed by atoms with van der Waals surface area (Å²) in [4.78, 5) is 11.5. The molecular formula is C13H16N2O2. The van der Waals surface area contributed by atoms with E-state index < -0.39 is 0 Å². The Morgan fingerprint density at radius 2 is 2.41 bits per heavy atom. The first-order chi connectivity index (χ1) is 8.21. The van der Waals surface area contributed by atoms with Gasteiger partial charge >= 0.3 is 5.97 Å². The molecule has 0 aliphatic heterocycles. The van der Waals surface area contributed by atoms with Gasteiger partial charge in [-0.3, -0.25) is 0 Å². The summed E-state index contributed by atoms with van der Waals surface area (Å²) in [6.45, 7) is 0.734. The van der Waals surface area contributed by atoms with Crippen molar-refractivity contribution in [1.29, 1.82) is 5.26 Å². The van der Waals surface area contributed by atoms with E-state index in [0.717, 1.165) is 19.4 Å². The van der Waals surface area contributed by atoms with Crippen molar-refractivity contribution >= 4 is 5.97 Å². The van der Waals surface area contributed by atoms with Gasteiger partial charge in [-0.2, -0.15) is 5.26 Å². The van der Waals surface area contributed by atoms with E-state index in [1.807, 2.05) is 16.8 Å². The number of carbonyl (C=O) groups is 1. The van der Waals surface area contributed by atoms with E-state index in [4.69, 9.17) is 10.00 Å². The summed E-state index contributed by atoms with van der Waals surface area (Å²) < 4.78 is 6.64. The van der Waals surface area contributed by atoms with Crippen LogP contribution in [0.15, 0.2) is 18.3 Å². The largest absolute Gasteiger partial charge is 0.464 e. The van der Waals surface area contributed by atoms with Crippen LogP contribution >= 0.6 is 0 Å². The normalized spacial score (nSPS) is 16.9. The Morgan fingerprint density at radius 1 is 1.65 bits per heavy atom. The molecule has 1 aromatic heterocycles. The predicted octanol–water partition coefficient (Wildman–Crippen LogP) is 2.36. The zero-order chi connectivity index (χ0) is 12.3. The number of aromatic nitrogens is 1. The smallest absolute Gasteiger partial charge is 0.354 e. The van der Waals surface area contributed by atoms with Crippen LogP contribution < -0.4 is 0 Å². The number of nitrogens with zero attached hydrogens (tertiary/aromatic N) is 2. The number of carbonyl (C=O) groups excluding carboxylic acids is 1. The van der Waals surface area contributed by atoms with E-state index in [0.29, 0.717) is 12.1 Å². The molecule has 90 valence electrons. The number of rotatable bonds is 4. The van der Waals surface area contributed by atoms with Gasteiger partial charge in [-0.05, 0) is 25.0 Å². The van der Waals surface area contributed by atoms with E-state index in [2.05, 4.69) is 6.07 Å². The molecule has 4 heteroatoms. The molecule has 1 heterocycles. The number of ether oxygens (including phenoxy) is 1. The lowest BCUT2D eigenvalue weighted by Crippen LogP contribution is -2.34. The molecule has 1 aliphatic rings. The zero-order valence-corrected chi connectivity index (χ0v) is 9.98. The van der Waals surface area contributed by atoms with Crippen LogP contribution in [0, 0.1) is 16.7 Å². The van der Waals surface area contributed by atoms with Crippen molar-refractivity contribution in [2.75, 3.05) is 7.11 Å². The molecule has 17 heavy (non-hydrogen) atoms. The summed E-state index contributed by atoms with van der Waals surface area (Å²) in [6, 6.07) is 5.85. The van der Waals surface area contributed by atoms with Crippen molar-refractivity contribution in [3.8, 4) is 6.07 Å². The second kappa shape index (κ2) is 4.62. The second-order valence-corrected chi connectivity index (χ2v) is 4.70. The molecule has 0 saturated heterocycles. The van der Waals surface area contributed by atoms with Crippen LogP contribution in [0.5, 0.6) is 0 Å². The summed E-state index contributed by atoms with van der Waals surface area (Å²) in [7, 11) is 1.38. The molecule has 0 atom stereocenters. The van der Waals surface area contributed by atoms with Crippen molar-refractivity contribution in [1.82, 2.24) is 4.57 Å².